The number of rotatable bonds is 3. The Morgan fingerprint density at radius 1 is 1.17 bits per heavy atom. The summed E-state index contributed by atoms with van der Waals surface area (Å²) in [6.07, 6.45) is 4.70. The molecular formula is C18H19N3O3. The molecule has 1 aliphatic carbocycles. The van der Waals surface area contributed by atoms with Crippen molar-refractivity contribution in [3.8, 4) is 0 Å². The van der Waals surface area contributed by atoms with Gasteiger partial charge in [-0.05, 0) is 42.8 Å². The topological polar surface area (TPSA) is 71.4 Å². The predicted molar refractivity (Wildman–Crippen MR) is 90.7 cm³/mol. The fourth-order valence-electron chi connectivity index (χ4n) is 3.41. The van der Waals surface area contributed by atoms with Crippen molar-refractivity contribution in [2.75, 3.05) is 5.32 Å². The van der Waals surface area contributed by atoms with E-state index in [-0.39, 0.29) is 29.5 Å². The lowest BCUT2D eigenvalue weighted by Gasteiger charge is -2.23. The van der Waals surface area contributed by atoms with Gasteiger partial charge >= 0.3 is 0 Å². The maximum absolute atomic E-state index is 12.6. The van der Waals surface area contributed by atoms with E-state index in [0.29, 0.717) is 23.9 Å². The number of hydrogen-bond donors (Lipinski definition) is 1. The minimum atomic E-state index is -0.390. The number of aryl methyl sites for hydroxylation is 1. The summed E-state index contributed by atoms with van der Waals surface area (Å²) in [6, 6.07) is 7.03. The number of carbonyl (C=O) groups excluding carboxylic acids is 2. The van der Waals surface area contributed by atoms with E-state index in [0.717, 1.165) is 18.2 Å². The van der Waals surface area contributed by atoms with Crippen molar-refractivity contribution in [3.05, 3.63) is 40.8 Å². The molecule has 0 radical (unpaired) electrons. The van der Waals surface area contributed by atoms with Crippen molar-refractivity contribution < 1.29 is 9.59 Å². The number of carbonyl (C=O) groups is 2. The first-order chi connectivity index (χ1) is 11.5. The summed E-state index contributed by atoms with van der Waals surface area (Å²) in [4.78, 5) is 38.5. The van der Waals surface area contributed by atoms with Crippen LogP contribution in [0.25, 0.3) is 10.8 Å². The summed E-state index contributed by atoms with van der Waals surface area (Å²) < 4.78 is 1.51. The van der Waals surface area contributed by atoms with Crippen LogP contribution in [0.2, 0.25) is 0 Å². The van der Waals surface area contributed by atoms with Gasteiger partial charge in [0, 0.05) is 36.8 Å². The molecule has 0 spiro atoms. The molecule has 2 amide bonds. The number of nitrogens with zero attached hydrogens (tertiary/aromatic N) is 2. The molecule has 24 heavy (non-hydrogen) atoms. The lowest BCUT2D eigenvalue weighted by molar-refractivity contribution is -0.133. The van der Waals surface area contributed by atoms with Crippen LogP contribution < -0.4 is 10.9 Å². The van der Waals surface area contributed by atoms with E-state index in [1.54, 1.807) is 30.3 Å². The molecule has 1 unspecified atom stereocenters. The van der Waals surface area contributed by atoms with Crippen LogP contribution in [0.3, 0.4) is 0 Å². The van der Waals surface area contributed by atoms with Gasteiger partial charge in [-0.15, -0.1) is 0 Å². The molecule has 124 valence electrons. The van der Waals surface area contributed by atoms with Gasteiger partial charge in [0.25, 0.3) is 5.56 Å². The number of likely N-dealkylation sites (tertiary alicyclic amines) is 1. The Kier molecular flexibility index (Phi) is 3.40. The monoisotopic (exact) mass is 325 g/mol. The number of anilines is 1. The fourth-order valence-corrected chi connectivity index (χ4v) is 3.41. The number of fused-ring (bicyclic) bond motifs is 1. The third-order valence-corrected chi connectivity index (χ3v) is 4.85. The van der Waals surface area contributed by atoms with Crippen LogP contribution in [-0.2, 0) is 16.6 Å². The third kappa shape index (κ3) is 2.48. The van der Waals surface area contributed by atoms with Crippen LogP contribution in [0.4, 0.5) is 5.69 Å². The second-order valence-corrected chi connectivity index (χ2v) is 6.61. The number of benzene rings is 1. The first-order valence-electron chi connectivity index (χ1n) is 8.26. The zero-order chi connectivity index (χ0) is 16.8. The lowest BCUT2D eigenvalue weighted by Crippen LogP contribution is -2.42. The summed E-state index contributed by atoms with van der Waals surface area (Å²) in [5, 5.41) is 4.28. The van der Waals surface area contributed by atoms with Crippen molar-refractivity contribution >= 4 is 28.3 Å². The molecule has 2 aromatic rings. The Morgan fingerprint density at radius 3 is 2.71 bits per heavy atom. The first kappa shape index (κ1) is 14.9. The molecule has 1 aromatic heterocycles. The largest absolute Gasteiger partial charge is 0.328 e. The van der Waals surface area contributed by atoms with Gasteiger partial charge in [-0.25, -0.2) is 0 Å². The van der Waals surface area contributed by atoms with E-state index in [4.69, 9.17) is 0 Å². The average Bonchev–Trinajstić information content (AvgIpc) is 3.33. The molecule has 4 rings (SSSR count). The fraction of sp³-hybridized carbons (Fsp3) is 0.389. The van der Waals surface area contributed by atoms with Gasteiger partial charge < -0.3 is 14.8 Å². The summed E-state index contributed by atoms with van der Waals surface area (Å²) >= 11 is 0. The SMILES string of the molecule is Cn1ccc2ccc(NC(=O)C3CCC(=O)N3C3CC3)cc2c1=O. The zero-order valence-electron chi connectivity index (χ0n) is 13.5. The van der Waals surface area contributed by atoms with Crippen molar-refractivity contribution in [2.24, 2.45) is 7.05 Å². The standard InChI is InChI=1S/C18H19N3O3/c1-20-9-8-11-2-3-12(10-14(11)18(20)24)19-17(23)15-6-7-16(22)21(15)13-4-5-13/h2-3,8-10,13,15H,4-7H2,1H3,(H,19,23). The van der Waals surface area contributed by atoms with Crippen LogP contribution in [-0.4, -0.2) is 33.4 Å². The Balaban J connectivity index is 1.59. The maximum atomic E-state index is 12.6. The molecular weight excluding hydrogens is 306 g/mol. The molecule has 2 aliphatic rings. The zero-order valence-corrected chi connectivity index (χ0v) is 13.5. The van der Waals surface area contributed by atoms with E-state index >= 15 is 0 Å². The summed E-state index contributed by atoms with van der Waals surface area (Å²) in [6.45, 7) is 0. The van der Waals surface area contributed by atoms with Crippen LogP contribution in [0, 0.1) is 0 Å². The Bertz CT molecular complexity index is 898. The number of nitrogens with one attached hydrogen (secondary N) is 1. The molecule has 1 aromatic carbocycles. The highest BCUT2D eigenvalue weighted by atomic mass is 16.2. The van der Waals surface area contributed by atoms with Gasteiger partial charge in [0.1, 0.15) is 6.04 Å². The highest BCUT2D eigenvalue weighted by Gasteiger charge is 2.44. The van der Waals surface area contributed by atoms with Gasteiger partial charge in [-0.1, -0.05) is 6.07 Å². The van der Waals surface area contributed by atoms with E-state index < -0.39 is 0 Å². The molecule has 0 bridgehead atoms. The summed E-state index contributed by atoms with van der Waals surface area (Å²) in [7, 11) is 1.70. The third-order valence-electron chi connectivity index (χ3n) is 4.85. The number of amides is 2. The summed E-state index contributed by atoms with van der Waals surface area (Å²) in [5.41, 5.74) is 0.491. The normalized spacial score (nSPS) is 20.6. The Labute approximate surface area is 139 Å². The van der Waals surface area contributed by atoms with Gasteiger partial charge in [0.2, 0.25) is 11.8 Å². The van der Waals surface area contributed by atoms with Gasteiger partial charge in [0.15, 0.2) is 0 Å². The van der Waals surface area contributed by atoms with Crippen molar-refractivity contribution in [2.45, 2.75) is 37.8 Å². The van der Waals surface area contributed by atoms with Gasteiger partial charge in [0.05, 0.1) is 0 Å². The highest BCUT2D eigenvalue weighted by molar-refractivity contribution is 6.00. The molecule has 6 heteroatoms. The first-order valence-corrected chi connectivity index (χ1v) is 8.26. The van der Waals surface area contributed by atoms with Crippen LogP contribution in [0.5, 0.6) is 0 Å². The van der Waals surface area contributed by atoms with Crippen molar-refractivity contribution in [1.82, 2.24) is 9.47 Å². The van der Waals surface area contributed by atoms with Gasteiger partial charge in [-0.3, -0.25) is 14.4 Å². The quantitative estimate of drug-likeness (QED) is 0.932. The van der Waals surface area contributed by atoms with Gasteiger partial charge in [-0.2, -0.15) is 0 Å². The smallest absolute Gasteiger partial charge is 0.258 e. The minimum absolute atomic E-state index is 0.0741. The second kappa shape index (κ2) is 5.47. The van der Waals surface area contributed by atoms with Crippen molar-refractivity contribution in [1.29, 1.82) is 0 Å². The van der Waals surface area contributed by atoms with E-state index in [9.17, 15) is 14.4 Å². The van der Waals surface area contributed by atoms with Crippen LogP contribution in [0.1, 0.15) is 25.7 Å². The Morgan fingerprint density at radius 2 is 1.96 bits per heavy atom. The Hall–Kier alpha value is -2.63. The van der Waals surface area contributed by atoms with Crippen LogP contribution >= 0.6 is 0 Å². The summed E-state index contributed by atoms with van der Waals surface area (Å²) in [5.74, 6) is -0.0927. The predicted octanol–water partition coefficient (Wildman–Crippen LogP) is 1.63. The molecule has 2 fully saturated rings. The molecule has 1 saturated heterocycles. The lowest BCUT2D eigenvalue weighted by atomic mass is 10.1. The molecule has 1 atom stereocenters. The average molecular weight is 325 g/mol. The van der Waals surface area contributed by atoms with Crippen molar-refractivity contribution in [3.63, 3.8) is 0 Å². The minimum Gasteiger partial charge on any atom is -0.328 e. The van der Waals surface area contributed by atoms with E-state index in [1.807, 2.05) is 12.1 Å². The van der Waals surface area contributed by atoms with Crippen LogP contribution in [0.15, 0.2) is 35.3 Å². The highest BCUT2D eigenvalue weighted by Crippen LogP contribution is 2.34. The molecule has 1 aliphatic heterocycles. The molecule has 1 saturated carbocycles. The molecule has 6 nitrogen and oxygen atoms in total. The van der Waals surface area contributed by atoms with E-state index in [2.05, 4.69) is 5.32 Å². The molecule has 2 heterocycles. The number of hydrogen-bond acceptors (Lipinski definition) is 3. The maximum Gasteiger partial charge on any atom is 0.258 e. The van der Waals surface area contributed by atoms with E-state index in [1.165, 1.54) is 4.57 Å². The molecule has 1 N–H and O–H groups in total. The number of aromatic nitrogens is 1. The number of pyridine rings is 1. The second-order valence-electron chi connectivity index (χ2n) is 6.61.